The first-order valence-electron chi connectivity index (χ1n) is 15.9. The van der Waals surface area contributed by atoms with Crippen LogP contribution in [0, 0.1) is 34.5 Å². The van der Waals surface area contributed by atoms with Gasteiger partial charge in [-0.3, -0.25) is 4.79 Å². The Bertz CT molecular complexity index is 1440. The highest BCUT2D eigenvalue weighted by Gasteiger charge is 2.86. The Labute approximate surface area is 275 Å². The number of ether oxygens (including phenoxy) is 6. The molecule has 3 saturated heterocycles. The van der Waals surface area contributed by atoms with E-state index in [1.165, 1.54) is 6.08 Å². The molecule has 266 valence electrons. The van der Waals surface area contributed by atoms with Crippen molar-refractivity contribution >= 4 is 23.7 Å². The molecule has 3 aliphatic heterocycles. The number of rotatable bonds is 6. The molecule has 6 N–H and O–H groups in total. The van der Waals surface area contributed by atoms with Gasteiger partial charge in [0.05, 0.1) is 32.3 Å². The fourth-order valence-electron chi connectivity index (χ4n) is 9.60. The molecule has 2 saturated carbocycles. The lowest BCUT2D eigenvalue weighted by Crippen LogP contribution is -2.80. The van der Waals surface area contributed by atoms with Gasteiger partial charge in [-0.2, -0.15) is 0 Å². The van der Waals surface area contributed by atoms with Gasteiger partial charge in [0.1, 0.15) is 36.6 Å². The topological polar surface area (TPSA) is 245 Å². The average Bonchev–Trinajstić information content (AvgIpc) is 3.34. The van der Waals surface area contributed by atoms with E-state index in [9.17, 15) is 49.8 Å². The van der Waals surface area contributed by atoms with Crippen molar-refractivity contribution in [3.63, 3.8) is 0 Å². The van der Waals surface area contributed by atoms with E-state index in [0.717, 1.165) is 13.2 Å². The Morgan fingerprint density at radius 3 is 2.35 bits per heavy atom. The predicted molar refractivity (Wildman–Crippen MR) is 155 cm³/mol. The Morgan fingerprint density at radius 2 is 1.73 bits per heavy atom. The first-order chi connectivity index (χ1) is 22.5. The minimum absolute atomic E-state index is 0.0457. The molecule has 16 nitrogen and oxygen atoms in total. The number of Topliss-reactive ketones (excluding diaryl/α,β-unsaturated/α-hetero) is 1. The van der Waals surface area contributed by atoms with Crippen molar-refractivity contribution in [1.82, 2.24) is 0 Å². The van der Waals surface area contributed by atoms with Crippen LogP contribution in [-0.4, -0.2) is 135 Å². The van der Waals surface area contributed by atoms with Crippen LogP contribution < -0.4 is 0 Å². The van der Waals surface area contributed by atoms with E-state index in [-0.39, 0.29) is 12.2 Å². The second-order valence-corrected chi connectivity index (χ2v) is 14.2. The van der Waals surface area contributed by atoms with E-state index in [4.69, 9.17) is 28.4 Å². The highest BCUT2D eigenvalue weighted by Crippen LogP contribution is 2.72. The molecule has 16 atom stereocenters. The summed E-state index contributed by atoms with van der Waals surface area (Å²) in [7, 11) is 1.04. The summed E-state index contributed by atoms with van der Waals surface area (Å²) in [5, 5.41) is 64.6. The Kier molecular flexibility index (Phi) is 8.60. The number of allylic oxidation sites excluding steroid dienone is 3. The van der Waals surface area contributed by atoms with Crippen molar-refractivity contribution in [2.24, 2.45) is 34.5 Å². The second-order valence-electron chi connectivity index (χ2n) is 14.2. The zero-order valence-electron chi connectivity index (χ0n) is 27.0. The summed E-state index contributed by atoms with van der Waals surface area (Å²) in [6.07, 6.45) is -12.4. The van der Waals surface area contributed by atoms with Gasteiger partial charge in [0.2, 0.25) is 23.8 Å². The number of fused-ring (bicyclic) bond motifs is 2. The number of carbonyl (C=O) groups excluding carboxylic acids is 4. The van der Waals surface area contributed by atoms with Crippen LogP contribution in [0.25, 0.3) is 0 Å². The molecule has 48 heavy (non-hydrogen) atoms. The molecule has 16 heteroatoms. The molecule has 3 heterocycles. The molecule has 3 aliphatic carbocycles. The maximum absolute atomic E-state index is 14.7. The molecule has 1 unspecified atom stereocenters. The zero-order chi connectivity index (χ0) is 35.2. The molecule has 2 bridgehead atoms. The van der Waals surface area contributed by atoms with E-state index in [1.54, 1.807) is 27.7 Å². The Hall–Kier alpha value is -2.96. The number of ketones is 1. The third-order valence-electron chi connectivity index (χ3n) is 11.6. The minimum atomic E-state index is -2.38. The third-order valence-corrected chi connectivity index (χ3v) is 11.6. The normalized spacial score (nSPS) is 49.1. The highest BCUT2D eigenvalue weighted by atomic mass is 16.7. The number of hydrogen-bond donors (Lipinski definition) is 6. The van der Waals surface area contributed by atoms with Crippen molar-refractivity contribution < 1.29 is 78.2 Å². The van der Waals surface area contributed by atoms with Gasteiger partial charge in [-0.25, -0.2) is 14.4 Å². The SMILES string of the molecule is COC(=O)[C@@]12OC[C@]34C([C@@H](O)[C@@H]1O)[C@@]1(C)C(=O)C(O[C@@H]5O[C@H](CO)[C@@H](O)[C@H](O)[C@H]5O)=C[C@@H](C)[C@@H]1C[C@H]3OC(=O)[C@H](OC(=O)C=C(C)C)[C@@H]24. The summed E-state index contributed by atoms with van der Waals surface area (Å²) in [6.45, 7) is 5.45. The summed E-state index contributed by atoms with van der Waals surface area (Å²) in [5.41, 5.74) is -5.02. The lowest BCUT2D eigenvalue weighted by Gasteiger charge is -2.67. The molecule has 5 fully saturated rings. The molecule has 0 amide bonds. The van der Waals surface area contributed by atoms with Gasteiger partial charge in [0, 0.05) is 22.8 Å². The summed E-state index contributed by atoms with van der Waals surface area (Å²) in [6, 6.07) is 0. The van der Waals surface area contributed by atoms with Crippen LogP contribution in [0.4, 0.5) is 0 Å². The van der Waals surface area contributed by atoms with Crippen molar-refractivity contribution in [3.05, 3.63) is 23.5 Å². The predicted octanol–water partition coefficient (Wildman–Crippen LogP) is -2.37. The highest BCUT2D eigenvalue weighted by molar-refractivity contribution is 6.00. The van der Waals surface area contributed by atoms with E-state index in [2.05, 4.69) is 0 Å². The third kappa shape index (κ3) is 4.50. The molecule has 1 spiro atoms. The van der Waals surface area contributed by atoms with Crippen LogP contribution in [0.1, 0.15) is 34.1 Å². The van der Waals surface area contributed by atoms with Crippen molar-refractivity contribution in [2.45, 2.75) is 94.8 Å². The van der Waals surface area contributed by atoms with Gasteiger partial charge in [0.25, 0.3) is 0 Å². The minimum Gasteiger partial charge on any atom is -0.467 e. The van der Waals surface area contributed by atoms with Gasteiger partial charge < -0.3 is 59.1 Å². The Balaban J connectivity index is 1.46. The van der Waals surface area contributed by atoms with Gasteiger partial charge in [0.15, 0.2) is 5.76 Å². The molecular formula is C32H42O16. The quantitative estimate of drug-likeness (QED) is 0.0974. The van der Waals surface area contributed by atoms with Crippen molar-refractivity contribution in [2.75, 3.05) is 20.3 Å². The zero-order valence-corrected chi connectivity index (χ0v) is 27.0. The van der Waals surface area contributed by atoms with Gasteiger partial charge in [-0.1, -0.05) is 19.4 Å². The standard InChI is InChI=1S/C32H42O16/c1-11(2)6-17(34)48-22-24-31-10-44-32(24,29(42)43-5)26(40)21(38)23(31)30(4)13(8-16(31)47-27(22)41)12(3)7-14(25(30)39)45-28-20(37)19(36)18(35)15(9-33)46-28/h6-7,12-13,15-16,18-24,26,28,33,35-38,40H,8-10H2,1-5H3/t12-,13+,15-,16-,18-,19+,20-,21-,22-,23?,24-,26+,28-,30+,31-,32+/m1/s1. The maximum atomic E-state index is 14.7. The first-order valence-corrected chi connectivity index (χ1v) is 15.9. The number of aliphatic hydroxyl groups excluding tert-OH is 6. The molecular weight excluding hydrogens is 640 g/mol. The van der Waals surface area contributed by atoms with Crippen LogP contribution in [0.15, 0.2) is 23.5 Å². The molecule has 0 radical (unpaired) electrons. The summed E-state index contributed by atoms with van der Waals surface area (Å²) < 4.78 is 34.0. The van der Waals surface area contributed by atoms with E-state index < -0.39 is 132 Å². The van der Waals surface area contributed by atoms with Crippen molar-refractivity contribution in [3.8, 4) is 0 Å². The second kappa shape index (κ2) is 11.8. The number of methoxy groups -OCH3 is 1. The fourth-order valence-corrected chi connectivity index (χ4v) is 9.60. The van der Waals surface area contributed by atoms with E-state index in [0.29, 0.717) is 5.57 Å². The first kappa shape index (κ1) is 34.9. The lowest BCUT2D eigenvalue weighted by molar-refractivity contribution is -0.297. The van der Waals surface area contributed by atoms with Crippen molar-refractivity contribution in [1.29, 1.82) is 0 Å². The number of carbonyl (C=O) groups is 4. The van der Waals surface area contributed by atoms with Crippen LogP contribution in [0.5, 0.6) is 0 Å². The summed E-state index contributed by atoms with van der Waals surface area (Å²) >= 11 is 0. The van der Waals surface area contributed by atoms with E-state index >= 15 is 0 Å². The molecule has 0 aromatic rings. The molecule has 0 aromatic heterocycles. The van der Waals surface area contributed by atoms with E-state index in [1.807, 2.05) is 0 Å². The summed E-state index contributed by atoms with van der Waals surface area (Å²) in [4.78, 5) is 54.8. The van der Waals surface area contributed by atoms with Gasteiger partial charge in [-0.15, -0.1) is 0 Å². The van der Waals surface area contributed by atoms with Gasteiger partial charge in [-0.05, 0) is 38.2 Å². The molecule has 6 aliphatic rings. The fraction of sp³-hybridized carbons (Fsp3) is 0.750. The average molecular weight is 683 g/mol. The lowest BCUT2D eigenvalue weighted by atomic mass is 9.37. The Morgan fingerprint density at radius 1 is 1.04 bits per heavy atom. The van der Waals surface area contributed by atoms with Crippen LogP contribution in [0.3, 0.4) is 0 Å². The largest absolute Gasteiger partial charge is 0.467 e. The maximum Gasteiger partial charge on any atom is 0.348 e. The smallest absolute Gasteiger partial charge is 0.348 e. The molecule has 6 rings (SSSR count). The number of esters is 3. The summed E-state index contributed by atoms with van der Waals surface area (Å²) in [5.74, 6) is -7.95. The number of hydrogen-bond acceptors (Lipinski definition) is 16. The molecule has 0 aromatic carbocycles. The van der Waals surface area contributed by atoms with Crippen LogP contribution in [0.2, 0.25) is 0 Å². The van der Waals surface area contributed by atoms with Crippen LogP contribution in [-0.2, 0) is 47.6 Å². The number of aliphatic hydroxyl groups is 6. The monoisotopic (exact) mass is 682 g/mol. The van der Waals surface area contributed by atoms with Crippen LogP contribution >= 0.6 is 0 Å². The van der Waals surface area contributed by atoms with Gasteiger partial charge >= 0.3 is 17.9 Å².